The lowest BCUT2D eigenvalue weighted by atomic mass is 9.92. The minimum atomic E-state index is -0.461. The molecule has 1 aliphatic rings. The number of halogens is 2. The fourth-order valence-corrected chi connectivity index (χ4v) is 4.58. The Labute approximate surface area is 187 Å². The standard InChI is InChI=1S/C23H27Cl2NO2S/c1-2-22(28-19-9-8-17-5-3-4-6-18(17)14-19)23(27)26-11-12-29-15-16-7-10-20(24)21(25)13-16/h7-10,13-14,22H,2-6,11-12,15H2,1H3,(H,26,27)/t22-/m0/s1. The zero-order valence-electron chi connectivity index (χ0n) is 16.7. The van der Waals surface area contributed by atoms with Gasteiger partial charge in [0.25, 0.3) is 5.91 Å². The molecule has 3 rings (SSSR count). The van der Waals surface area contributed by atoms with Crippen molar-refractivity contribution in [2.24, 2.45) is 0 Å². The van der Waals surface area contributed by atoms with E-state index in [1.165, 1.54) is 24.0 Å². The number of nitrogens with one attached hydrogen (secondary N) is 1. The Morgan fingerprint density at radius 2 is 1.90 bits per heavy atom. The van der Waals surface area contributed by atoms with Crippen LogP contribution >= 0.6 is 35.0 Å². The molecular formula is C23H27Cl2NO2S. The van der Waals surface area contributed by atoms with E-state index >= 15 is 0 Å². The van der Waals surface area contributed by atoms with E-state index < -0.39 is 6.10 Å². The molecule has 1 N–H and O–H groups in total. The van der Waals surface area contributed by atoms with Gasteiger partial charge in [-0.3, -0.25) is 4.79 Å². The summed E-state index contributed by atoms with van der Waals surface area (Å²) < 4.78 is 6.00. The first-order valence-corrected chi connectivity index (χ1v) is 12.1. The third-order valence-corrected chi connectivity index (χ3v) is 6.83. The summed E-state index contributed by atoms with van der Waals surface area (Å²) in [5.41, 5.74) is 3.90. The summed E-state index contributed by atoms with van der Waals surface area (Å²) >= 11 is 13.7. The molecule has 29 heavy (non-hydrogen) atoms. The van der Waals surface area contributed by atoms with Gasteiger partial charge >= 0.3 is 0 Å². The van der Waals surface area contributed by atoms with Crippen LogP contribution in [-0.4, -0.2) is 24.3 Å². The van der Waals surface area contributed by atoms with E-state index in [1.807, 2.05) is 31.2 Å². The molecule has 2 aromatic carbocycles. The largest absolute Gasteiger partial charge is 0.481 e. The summed E-state index contributed by atoms with van der Waals surface area (Å²) in [6.07, 6.45) is 4.92. The van der Waals surface area contributed by atoms with E-state index in [9.17, 15) is 4.79 Å². The fourth-order valence-electron chi connectivity index (χ4n) is 3.45. The molecular weight excluding hydrogens is 425 g/mol. The van der Waals surface area contributed by atoms with Crippen molar-refractivity contribution in [3.8, 4) is 5.75 Å². The second-order valence-corrected chi connectivity index (χ2v) is 9.16. The normalized spacial score (nSPS) is 14.2. The van der Waals surface area contributed by atoms with Gasteiger partial charge in [0.1, 0.15) is 5.75 Å². The molecule has 3 nitrogen and oxygen atoms in total. The van der Waals surface area contributed by atoms with Crippen LogP contribution in [0.4, 0.5) is 0 Å². The van der Waals surface area contributed by atoms with Crippen LogP contribution < -0.4 is 10.1 Å². The number of amides is 1. The number of benzene rings is 2. The fraction of sp³-hybridized carbons (Fsp3) is 0.435. The Bertz CT molecular complexity index is 844. The van der Waals surface area contributed by atoms with Gasteiger partial charge in [-0.1, -0.05) is 42.3 Å². The van der Waals surface area contributed by atoms with Crippen LogP contribution in [-0.2, 0) is 23.4 Å². The summed E-state index contributed by atoms with van der Waals surface area (Å²) in [4.78, 5) is 12.5. The van der Waals surface area contributed by atoms with Crippen molar-refractivity contribution in [2.75, 3.05) is 12.3 Å². The highest BCUT2D eigenvalue weighted by Gasteiger charge is 2.19. The number of carbonyl (C=O) groups excluding carboxylic acids is 1. The lowest BCUT2D eigenvalue weighted by Crippen LogP contribution is -2.39. The Balaban J connectivity index is 1.42. The number of carbonyl (C=O) groups is 1. The molecule has 0 bridgehead atoms. The van der Waals surface area contributed by atoms with Crippen LogP contribution in [0.5, 0.6) is 5.75 Å². The zero-order valence-corrected chi connectivity index (χ0v) is 19.0. The molecule has 0 fully saturated rings. The first-order valence-electron chi connectivity index (χ1n) is 10.1. The first kappa shape index (κ1) is 22.3. The second-order valence-electron chi connectivity index (χ2n) is 7.24. The lowest BCUT2D eigenvalue weighted by Gasteiger charge is -2.20. The van der Waals surface area contributed by atoms with E-state index in [4.69, 9.17) is 27.9 Å². The molecule has 0 heterocycles. The van der Waals surface area contributed by atoms with Crippen molar-refractivity contribution < 1.29 is 9.53 Å². The Hall–Kier alpha value is -1.36. The van der Waals surface area contributed by atoms with Gasteiger partial charge in [-0.2, -0.15) is 11.8 Å². The number of thioether (sulfide) groups is 1. The van der Waals surface area contributed by atoms with Crippen LogP contribution in [0.2, 0.25) is 10.0 Å². The number of hydrogen-bond donors (Lipinski definition) is 1. The van der Waals surface area contributed by atoms with E-state index in [-0.39, 0.29) is 5.91 Å². The van der Waals surface area contributed by atoms with Gasteiger partial charge in [0.2, 0.25) is 0 Å². The molecule has 0 unspecified atom stereocenters. The molecule has 0 aromatic heterocycles. The average Bonchev–Trinajstić information content (AvgIpc) is 2.74. The molecule has 1 atom stereocenters. The summed E-state index contributed by atoms with van der Waals surface area (Å²) in [5.74, 6) is 2.39. The zero-order chi connectivity index (χ0) is 20.6. The maximum atomic E-state index is 12.5. The highest BCUT2D eigenvalue weighted by molar-refractivity contribution is 7.98. The highest BCUT2D eigenvalue weighted by atomic mass is 35.5. The van der Waals surface area contributed by atoms with E-state index in [2.05, 4.69) is 17.4 Å². The third kappa shape index (κ3) is 6.56. The van der Waals surface area contributed by atoms with Crippen LogP contribution in [0.1, 0.15) is 42.9 Å². The summed E-state index contributed by atoms with van der Waals surface area (Å²) in [7, 11) is 0. The SMILES string of the molecule is CC[C@H](Oc1ccc2c(c1)CCCC2)C(=O)NCCSCc1ccc(Cl)c(Cl)c1. The van der Waals surface area contributed by atoms with Crippen molar-refractivity contribution >= 4 is 40.9 Å². The maximum absolute atomic E-state index is 12.5. The van der Waals surface area contributed by atoms with E-state index in [0.717, 1.165) is 35.7 Å². The number of aryl methyl sites for hydroxylation is 2. The summed E-state index contributed by atoms with van der Waals surface area (Å²) in [6.45, 7) is 2.58. The van der Waals surface area contributed by atoms with Crippen molar-refractivity contribution in [3.05, 3.63) is 63.1 Å². The topological polar surface area (TPSA) is 38.3 Å². The maximum Gasteiger partial charge on any atom is 0.261 e. The minimum absolute atomic E-state index is 0.0552. The van der Waals surface area contributed by atoms with Gasteiger partial charge in [-0.05, 0) is 73.1 Å². The van der Waals surface area contributed by atoms with Gasteiger partial charge in [0.15, 0.2) is 6.10 Å². The molecule has 0 spiro atoms. The molecule has 1 amide bonds. The molecule has 0 radical (unpaired) electrons. The molecule has 6 heteroatoms. The van der Waals surface area contributed by atoms with Gasteiger partial charge in [-0.15, -0.1) is 0 Å². The minimum Gasteiger partial charge on any atom is -0.481 e. The van der Waals surface area contributed by atoms with E-state index in [0.29, 0.717) is 23.0 Å². The third-order valence-electron chi connectivity index (χ3n) is 5.06. The molecule has 0 saturated heterocycles. The number of rotatable bonds is 9. The molecule has 1 aliphatic carbocycles. The first-order chi connectivity index (χ1) is 14.1. The Morgan fingerprint density at radius 1 is 1.10 bits per heavy atom. The van der Waals surface area contributed by atoms with Crippen LogP contribution in [0.3, 0.4) is 0 Å². The van der Waals surface area contributed by atoms with Gasteiger partial charge in [0, 0.05) is 18.1 Å². The molecule has 2 aromatic rings. The number of ether oxygens (including phenoxy) is 1. The predicted octanol–water partition coefficient (Wildman–Crippen LogP) is 6.08. The van der Waals surface area contributed by atoms with Crippen molar-refractivity contribution in [3.63, 3.8) is 0 Å². The van der Waals surface area contributed by atoms with Crippen LogP contribution in [0.15, 0.2) is 36.4 Å². The van der Waals surface area contributed by atoms with Crippen molar-refractivity contribution in [1.82, 2.24) is 5.32 Å². The number of fused-ring (bicyclic) bond motifs is 1. The monoisotopic (exact) mass is 451 g/mol. The van der Waals surface area contributed by atoms with Gasteiger partial charge in [-0.25, -0.2) is 0 Å². The summed E-state index contributed by atoms with van der Waals surface area (Å²) in [6, 6.07) is 11.9. The number of hydrogen-bond acceptors (Lipinski definition) is 3. The van der Waals surface area contributed by atoms with Crippen molar-refractivity contribution in [1.29, 1.82) is 0 Å². The van der Waals surface area contributed by atoms with Gasteiger partial charge in [0.05, 0.1) is 10.0 Å². The summed E-state index contributed by atoms with van der Waals surface area (Å²) in [5, 5.41) is 4.13. The second kappa shape index (κ2) is 11.1. The average molecular weight is 452 g/mol. The Kier molecular flexibility index (Phi) is 8.58. The van der Waals surface area contributed by atoms with Crippen LogP contribution in [0.25, 0.3) is 0 Å². The molecule has 0 aliphatic heterocycles. The van der Waals surface area contributed by atoms with Gasteiger partial charge < -0.3 is 10.1 Å². The highest BCUT2D eigenvalue weighted by Crippen LogP contribution is 2.26. The smallest absolute Gasteiger partial charge is 0.261 e. The Morgan fingerprint density at radius 3 is 2.66 bits per heavy atom. The molecule has 0 saturated carbocycles. The lowest BCUT2D eigenvalue weighted by molar-refractivity contribution is -0.127. The molecule has 156 valence electrons. The van der Waals surface area contributed by atoms with Crippen LogP contribution in [0, 0.1) is 0 Å². The van der Waals surface area contributed by atoms with Crippen molar-refractivity contribution in [2.45, 2.75) is 50.9 Å². The van der Waals surface area contributed by atoms with E-state index in [1.54, 1.807) is 11.8 Å². The predicted molar refractivity (Wildman–Crippen MR) is 123 cm³/mol. The quantitative estimate of drug-likeness (QED) is 0.469.